The van der Waals surface area contributed by atoms with Crippen molar-refractivity contribution in [3.8, 4) is 0 Å². The van der Waals surface area contributed by atoms with Gasteiger partial charge >= 0.3 is 6.09 Å². The van der Waals surface area contributed by atoms with Crippen molar-refractivity contribution in [2.75, 3.05) is 11.9 Å². The zero-order valence-electron chi connectivity index (χ0n) is 16.4. The fourth-order valence-corrected chi connectivity index (χ4v) is 3.88. The number of amides is 2. The van der Waals surface area contributed by atoms with Gasteiger partial charge < -0.3 is 10.1 Å². The van der Waals surface area contributed by atoms with E-state index in [9.17, 15) is 9.59 Å². The molecule has 0 aliphatic carbocycles. The number of rotatable bonds is 4. The highest BCUT2D eigenvalue weighted by atomic mass is 35.5. The molecule has 0 atom stereocenters. The van der Waals surface area contributed by atoms with E-state index in [4.69, 9.17) is 16.3 Å². The number of hydrogen-bond donors (Lipinski definition) is 2. The predicted molar refractivity (Wildman–Crippen MR) is 125 cm³/mol. The Labute approximate surface area is 187 Å². The Morgan fingerprint density at radius 1 is 1.29 bits per heavy atom. The van der Waals surface area contributed by atoms with Crippen molar-refractivity contribution < 1.29 is 14.3 Å². The number of carbonyl (C=O) groups excluding carboxylic acids is 2. The minimum absolute atomic E-state index is 0.244. The van der Waals surface area contributed by atoms with Crippen LogP contribution in [0.1, 0.15) is 12.5 Å². The Hall–Kier alpha value is -3.36. The van der Waals surface area contributed by atoms with Gasteiger partial charge in [-0.05, 0) is 66.7 Å². The highest BCUT2D eigenvalue weighted by Gasteiger charge is 2.24. The van der Waals surface area contributed by atoms with Crippen molar-refractivity contribution in [2.45, 2.75) is 6.92 Å². The number of halogens is 1. The number of aromatic nitrogens is 1. The molecule has 9 heteroatoms. The van der Waals surface area contributed by atoms with Crippen molar-refractivity contribution in [1.29, 1.82) is 0 Å². The maximum Gasteiger partial charge on any atom is 0.411 e. The van der Waals surface area contributed by atoms with Gasteiger partial charge in [-0.3, -0.25) is 15.1 Å². The highest BCUT2D eigenvalue weighted by Crippen LogP contribution is 2.33. The van der Waals surface area contributed by atoms with Gasteiger partial charge in [0.25, 0.3) is 5.91 Å². The molecule has 1 fully saturated rings. The number of benzene rings is 2. The van der Waals surface area contributed by atoms with E-state index in [1.165, 1.54) is 11.8 Å². The number of carbonyl (C=O) groups is 2. The topological polar surface area (TPSA) is 92.7 Å². The fourth-order valence-electron chi connectivity index (χ4n) is 2.89. The van der Waals surface area contributed by atoms with Crippen LogP contribution < -0.4 is 10.6 Å². The van der Waals surface area contributed by atoms with Crippen LogP contribution in [0, 0.1) is 0 Å². The molecule has 2 N–H and O–H groups in total. The van der Waals surface area contributed by atoms with Crippen molar-refractivity contribution >= 4 is 68.9 Å². The molecule has 2 aromatic carbocycles. The first-order valence-corrected chi connectivity index (χ1v) is 10.6. The molecule has 0 bridgehead atoms. The zero-order valence-corrected chi connectivity index (χ0v) is 18.0. The van der Waals surface area contributed by atoms with Crippen molar-refractivity contribution in [2.24, 2.45) is 4.99 Å². The average molecular weight is 453 g/mol. The summed E-state index contributed by atoms with van der Waals surface area (Å²) in [6, 6.07) is 14.5. The van der Waals surface area contributed by atoms with Crippen molar-refractivity contribution in [3.63, 3.8) is 0 Å². The van der Waals surface area contributed by atoms with Crippen molar-refractivity contribution in [1.82, 2.24) is 10.3 Å². The van der Waals surface area contributed by atoms with E-state index in [0.717, 1.165) is 16.5 Å². The number of amidine groups is 1. The summed E-state index contributed by atoms with van der Waals surface area (Å²) < 4.78 is 4.87. The molecule has 1 aliphatic heterocycles. The second-order valence-electron chi connectivity index (χ2n) is 6.45. The third-order valence-corrected chi connectivity index (χ3v) is 5.50. The molecule has 0 radical (unpaired) electrons. The number of aliphatic imine (C=N–C) groups is 1. The summed E-state index contributed by atoms with van der Waals surface area (Å²) in [4.78, 5) is 33.3. The van der Waals surface area contributed by atoms with Gasteiger partial charge in [-0.25, -0.2) is 9.79 Å². The molecule has 1 aromatic heterocycles. The lowest BCUT2D eigenvalue weighted by Crippen LogP contribution is -2.19. The van der Waals surface area contributed by atoms with Gasteiger partial charge in [-0.15, -0.1) is 0 Å². The molecule has 0 spiro atoms. The van der Waals surface area contributed by atoms with Gasteiger partial charge in [0.05, 0.1) is 27.7 Å². The summed E-state index contributed by atoms with van der Waals surface area (Å²) in [7, 11) is 0. The van der Waals surface area contributed by atoms with Crippen LogP contribution in [-0.2, 0) is 9.53 Å². The zero-order chi connectivity index (χ0) is 21.8. The second kappa shape index (κ2) is 9.20. The van der Waals surface area contributed by atoms with Gasteiger partial charge in [0.2, 0.25) is 0 Å². The molecule has 31 heavy (non-hydrogen) atoms. The average Bonchev–Trinajstić information content (AvgIpc) is 3.09. The summed E-state index contributed by atoms with van der Waals surface area (Å²) >= 11 is 7.45. The van der Waals surface area contributed by atoms with Crippen LogP contribution in [0.4, 0.5) is 16.2 Å². The SMILES string of the molecule is CCOC(=O)Nc1ccc(Cl)c(N=C2NC(=O)/C(=C\c3ccc4ncccc4c3)S2)c1. The molecule has 7 nitrogen and oxygen atoms in total. The first-order chi connectivity index (χ1) is 15.0. The Morgan fingerprint density at radius 2 is 2.16 bits per heavy atom. The van der Waals surface area contributed by atoms with Crippen LogP contribution in [0.25, 0.3) is 17.0 Å². The van der Waals surface area contributed by atoms with E-state index < -0.39 is 6.09 Å². The minimum atomic E-state index is -0.567. The van der Waals surface area contributed by atoms with E-state index in [-0.39, 0.29) is 12.5 Å². The smallest absolute Gasteiger partial charge is 0.411 e. The lowest BCUT2D eigenvalue weighted by Gasteiger charge is -2.07. The molecule has 156 valence electrons. The number of hydrogen-bond acceptors (Lipinski definition) is 6. The van der Waals surface area contributed by atoms with Gasteiger partial charge in [0.1, 0.15) is 0 Å². The van der Waals surface area contributed by atoms with Gasteiger partial charge in [0, 0.05) is 17.3 Å². The molecular weight excluding hydrogens is 436 g/mol. The molecule has 1 saturated heterocycles. The van der Waals surface area contributed by atoms with Gasteiger partial charge in [-0.1, -0.05) is 23.7 Å². The third-order valence-electron chi connectivity index (χ3n) is 4.27. The highest BCUT2D eigenvalue weighted by molar-refractivity contribution is 8.18. The van der Waals surface area contributed by atoms with E-state index in [0.29, 0.717) is 26.5 Å². The summed E-state index contributed by atoms with van der Waals surface area (Å²) in [5.74, 6) is -0.244. The first-order valence-electron chi connectivity index (χ1n) is 9.39. The standard InChI is InChI=1S/C22H17ClN4O3S/c1-2-30-22(29)25-15-6-7-16(23)18(12-15)26-21-27-20(28)19(31-21)11-13-5-8-17-14(10-13)4-3-9-24-17/h3-12H,2H2,1H3,(H,25,29)(H,26,27,28)/b19-11+. The third kappa shape index (κ3) is 5.04. The molecule has 0 unspecified atom stereocenters. The summed E-state index contributed by atoms with van der Waals surface area (Å²) in [6.07, 6.45) is 2.98. The molecule has 4 rings (SSSR count). The van der Waals surface area contributed by atoms with Crippen molar-refractivity contribution in [3.05, 3.63) is 70.2 Å². The molecular formula is C22H17ClN4O3S. The largest absolute Gasteiger partial charge is 0.450 e. The molecule has 3 aromatic rings. The number of nitrogens with zero attached hydrogens (tertiary/aromatic N) is 2. The normalized spacial score (nSPS) is 16.0. The summed E-state index contributed by atoms with van der Waals surface area (Å²) in [6.45, 7) is 1.98. The van der Waals surface area contributed by atoms with E-state index in [2.05, 4.69) is 20.6 Å². The second-order valence-corrected chi connectivity index (χ2v) is 7.89. The maximum absolute atomic E-state index is 12.4. The van der Waals surface area contributed by atoms with Gasteiger partial charge in [0.15, 0.2) is 5.17 Å². The van der Waals surface area contributed by atoms with Gasteiger partial charge in [-0.2, -0.15) is 0 Å². The molecule has 2 heterocycles. The lowest BCUT2D eigenvalue weighted by molar-refractivity contribution is -0.115. The maximum atomic E-state index is 12.4. The van der Waals surface area contributed by atoms with Crippen LogP contribution in [0.15, 0.2) is 64.6 Å². The van der Waals surface area contributed by atoms with E-state index in [1.807, 2.05) is 30.3 Å². The Morgan fingerprint density at radius 3 is 3.00 bits per heavy atom. The first kappa shape index (κ1) is 20.9. The fraction of sp³-hybridized carbons (Fsp3) is 0.0909. The summed E-state index contributed by atoms with van der Waals surface area (Å²) in [5, 5.41) is 7.12. The van der Waals surface area contributed by atoms with E-state index >= 15 is 0 Å². The van der Waals surface area contributed by atoms with Crippen LogP contribution in [0.5, 0.6) is 0 Å². The Bertz CT molecular complexity index is 1240. The predicted octanol–water partition coefficient (Wildman–Crippen LogP) is 5.35. The Kier molecular flexibility index (Phi) is 6.20. The Balaban J connectivity index is 1.55. The quantitative estimate of drug-likeness (QED) is 0.520. The lowest BCUT2D eigenvalue weighted by atomic mass is 10.1. The molecule has 0 saturated carbocycles. The molecule has 2 amide bonds. The number of fused-ring (bicyclic) bond motifs is 1. The number of anilines is 1. The van der Waals surface area contributed by atoms with Crippen LogP contribution in [-0.4, -0.2) is 28.8 Å². The van der Waals surface area contributed by atoms with Crippen LogP contribution in [0.3, 0.4) is 0 Å². The number of nitrogens with one attached hydrogen (secondary N) is 2. The minimum Gasteiger partial charge on any atom is -0.450 e. The monoisotopic (exact) mass is 452 g/mol. The van der Waals surface area contributed by atoms with Crippen LogP contribution in [0.2, 0.25) is 5.02 Å². The molecule has 1 aliphatic rings. The van der Waals surface area contributed by atoms with Crippen LogP contribution >= 0.6 is 23.4 Å². The van der Waals surface area contributed by atoms with E-state index in [1.54, 1.807) is 37.4 Å². The number of ether oxygens (including phenoxy) is 1. The number of pyridine rings is 1. The summed E-state index contributed by atoms with van der Waals surface area (Å²) in [5.41, 5.74) is 2.67. The number of thioether (sulfide) groups is 1.